The number of carbonyl (C=O) groups is 2. The van der Waals surface area contributed by atoms with Crippen molar-refractivity contribution in [2.24, 2.45) is 5.92 Å². The lowest BCUT2D eigenvalue weighted by molar-refractivity contribution is -0.148. The van der Waals surface area contributed by atoms with Crippen LogP contribution in [0.5, 0.6) is 0 Å². The summed E-state index contributed by atoms with van der Waals surface area (Å²) in [5.41, 5.74) is 0.772. The summed E-state index contributed by atoms with van der Waals surface area (Å²) in [5, 5.41) is 20.9. The average Bonchev–Trinajstić information content (AvgIpc) is 2.62. The van der Waals surface area contributed by atoms with E-state index in [1.807, 2.05) is 18.2 Å². The monoisotopic (exact) mass is 285 g/mol. The summed E-state index contributed by atoms with van der Waals surface area (Å²) in [4.78, 5) is 22.8. The molecule has 0 saturated carbocycles. The number of thioether (sulfide) groups is 1. The Labute approximate surface area is 113 Å². The van der Waals surface area contributed by atoms with Gasteiger partial charge in [0.25, 0.3) is 0 Å². The van der Waals surface area contributed by atoms with Gasteiger partial charge in [0, 0.05) is 10.6 Å². The standard InChI is InChI=1S/C11H11NO4S2/c13-9(14)5-6(10(15)16)11(17)12-7-3-1-2-4-8(7)18-11/h1-4,6,12,17H,5H2,(H,13,14)(H,15,16). The maximum atomic E-state index is 11.2. The van der Waals surface area contributed by atoms with Crippen LogP contribution in [0.2, 0.25) is 0 Å². The predicted octanol–water partition coefficient (Wildman–Crippen LogP) is 1.96. The fourth-order valence-electron chi connectivity index (χ4n) is 1.77. The highest BCUT2D eigenvalue weighted by Gasteiger charge is 2.46. The smallest absolute Gasteiger partial charge is 0.311 e. The van der Waals surface area contributed by atoms with Crippen LogP contribution in [0.25, 0.3) is 0 Å². The number of nitrogens with one attached hydrogen (secondary N) is 1. The van der Waals surface area contributed by atoms with Gasteiger partial charge in [0.2, 0.25) is 0 Å². The molecule has 2 atom stereocenters. The van der Waals surface area contributed by atoms with E-state index in [1.54, 1.807) is 6.07 Å². The predicted molar refractivity (Wildman–Crippen MR) is 71.0 cm³/mol. The van der Waals surface area contributed by atoms with Gasteiger partial charge in [-0.05, 0) is 12.1 Å². The average molecular weight is 285 g/mol. The van der Waals surface area contributed by atoms with Gasteiger partial charge in [-0.3, -0.25) is 9.59 Å². The lowest BCUT2D eigenvalue weighted by Gasteiger charge is -2.28. The highest BCUT2D eigenvalue weighted by atomic mass is 32.2. The van der Waals surface area contributed by atoms with E-state index in [9.17, 15) is 9.59 Å². The van der Waals surface area contributed by atoms with E-state index in [1.165, 1.54) is 11.8 Å². The van der Waals surface area contributed by atoms with Gasteiger partial charge in [-0.1, -0.05) is 23.9 Å². The number of carboxylic acid groups (broad SMARTS) is 2. The Morgan fingerprint density at radius 1 is 1.39 bits per heavy atom. The van der Waals surface area contributed by atoms with Crippen LogP contribution in [0.1, 0.15) is 6.42 Å². The molecule has 1 heterocycles. The first-order valence-electron chi connectivity index (χ1n) is 5.15. The molecule has 3 N–H and O–H groups in total. The molecule has 96 valence electrons. The summed E-state index contributed by atoms with van der Waals surface area (Å²) < 4.78 is -1.14. The molecular formula is C11H11NO4S2. The summed E-state index contributed by atoms with van der Waals surface area (Å²) >= 11 is 5.57. The molecule has 1 aromatic rings. The summed E-state index contributed by atoms with van der Waals surface area (Å²) in [7, 11) is 0. The molecule has 5 nitrogen and oxygen atoms in total. The zero-order valence-corrected chi connectivity index (χ0v) is 10.9. The second kappa shape index (κ2) is 4.74. The lowest BCUT2D eigenvalue weighted by atomic mass is 10.1. The van der Waals surface area contributed by atoms with E-state index < -0.39 is 28.5 Å². The van der Waals surface area contributed by atoms with Crippen molar-refractivity contribution in [2.75, 3.05) is 5.32 Å². The molecule has 18 heavy (non-hydrogen) atoms. The van der Waals surface area contributed by atoms with Crippen LogP contribution in [-0.4, -0.2) is 26.4 Å². The van der Waals surface area contributed by atoms with Crippen LogP contribution >= 0.6 is 24.4 Å². The fraction of sp³-hybridized carbons (Fsp3) is 0.273. The Kier molecular flexibility index (Phi) is 3.45. The van der Waals surface area contributed by atoms with Gasteiger partial charge in [-0.15, -0.1) is 12.6 Å². The van der Waals surface area contributed by atoms with Gasteiger partial charge in [-0.2, -0.15) is 0 Å². The first-order chi connectivity index (χ1) is 8.42. The molecule has 0 spiro atoms. The molecule has 0 radical (unpaired) electrons. The van der Waals surface area contributed by atoms with Gasteiger partial charge in [0.1, 0.15) is 10.1 Å². The molecule has 1 aliphatic rings. The Morgan fingerprint density at radius 2 is 2.06 bits per heavy atom. The molecule has 0 bridgehead atoms. The number of aliphatic carboxylic acids is 2. The van der Waals surface area contributed by atoms with Gasteiger partial charge in [-0.25, -0.2) is 0 Å². The van der Waals surface area contributed by atoms with Crippen LogP contribution in [-0.2, 0) is 9.59 Å². The molecule has 0 fully saturated rings. The Hall–Kier alpha value is -1.34. The number of rotatable bonds is 4. The van der Waals surface area contributed by atoms with Crippen LogP contribution in [0, 0.1) is 5.92 Å². The van der Waals surface area contributed by atoms with Crippen molar-refractivity contribution in [1.29, 1.82) is 0 Å². The SMILES string of the molecule is O=C(O)CC(C(=O)O)C1(S)Nc2ccccc2S1. The summed E-state index contributed by atoms with van der Waals surface area (Å²) in [6, 6.07) is 7.30. The third-order valence-electron chi connectivity index (χ3n) is 2.62. The number of thiol groups is 1. The van der Waals surface area contributed by atoms with E-state index in [-0.39, 0.29) is 0 Å². The topological polar surface area (TPSA) is 86.6 Å². The van der Waals surface area contributed by atoms with E-state index in [0.29, 0.717) is 0 Å². The third kappa shape index (κ3) is 2.41. The van der Waals surface area contributed by atoms with Gasteiger partial charge >= 0.3 is 11.9 Å². The van der Waals surface area contributed by atoms with E-state index in [4.69, 9.17) is 10.2 Å². The second-order valence-electron chi connectivity index (χ2n) is 3.91. The maximum absolute atomic E-state index is 11.2. The normalized spacial score (nSPS) is 22.9. The minimum atomic E-state index is -1.18. The summed E-state index contributed by atoms with van der Waals surface area (Å²) in [6.45, 7) is 0. The van der Waals surface area contributed by atoms with E-state index in [2.05, 4.69) is 17.9 Å². The molecule has 1 aliphatic heterocycles. The number of carboxylic acids is 2. The largest absolute Gasteiger partial charge is 0.481 e. The van der Waals surface area contributed by atoms with Crippen LogP contribution in [0.4, 0.5) is 5.69 Å². The summed E-state index contributed by atoms with van der Waals surface area (Å²) in [5.74, 6) is -3.47. The number of para-hydroxylation sites is 1. The third-order valence-corrected chi connectivity index (χ3v) is 4.59. The lowest BCUT2D eigenvalue weighted by Crippen LogP contribution is -2.40. The Balaban J connectivity index is 2.27. The zero-order valence-electron chi connectivity index (χ0n) is 9.16. The van der Waals surface area contributed by atoms with Crippen LogP contribution in [0.15, 0.2) is 29.2 Å². The molecule has 0 aliphatic carbocycles. The Morgan fingerprint density at radius 3 is 2.61 bits per heavy atom. The van der Waals surface area contributed by atoms with Gasteiger partial charge in [0.15, 0.2) is 0 Å². The van der Waals surface area contributed by atoms with Crippen molar-refractivity contribution in [3.05, 3.63) is 24.3 Å². The van der Waals surface area contributed by atoms with E-state index >= 15 is 0 Å². The number of hydrogen-bond acceptors (Lipinski definition) is 5. The van der Waals surface area contributed by atoms with Crippen molar-refractivity contribution in [3.8, 4) is 0 Å². The molecular weight excluding hydrogens is 274 g/mol. The molecule has 0 amide bonds. The van der Waals surface area contributed by atoms with Crippen molar-refractivity contribution in [2.45, 2.75) is 15.5 Å². The Bertz CT molecular complexity index is 481. The number of fused-ring (bicyclic) bond motifs is 1. The molecule has 2 rings (SSSR count). The van der Waals surface area contributed by atoms with E-state index in [0.717, 1.165) is 10.6 Å². The molecule has 0 saturated heterocycles. The van der Waals surface area contributed by atoms with Crippen LogP contribution in [0.3, 0.4) is 0 Å². The van der Waals surface area contributed by atoms with Crippen LogP contribution < -0.4 is 5.32 Å². The first-order valence-corrected chi connectivity index (χ1v) is 6.42. The highest BCUT2D eigenvalue weighted by Crippen LogP contribution is 2.51. The zero-order chi connectivity index (χ0) is 13.3. The van der Waals surface area contributed by atoms with Crippen molar-refractivity contribution in [1.82, 2.24) is 0 Å². The highest BCUT2D eigenvalue weighted by molar-refractivity contribution is 8.12. The first kappa shape index (κ1) is 13.1. The molecule has 2 unspecified atom stereocenters. The van der Waals surface area contributed by atoms with Gasteiger partial charge < -0.3 is 15.5 Å². The number of anilines is 1. The van der Waals surface area contributed by atoms with Crippen molar-refractivity contribution >= 4 is 42.0 Å². The maximum Gasteiger partial charge on any atom is 0.311 e. The minimum absolute atomic E-state index is 0.479. The van der Waals surface area contributed by atoms with Gasteiger partial charge in [0.05, 0.1) is 6.42 Å². The minimum Gasteiger partial charge on any atom is -0.481 e. The molecule has 0 aromatic heterocycles. The number of benzene rings is 1. The summed E-state index contributed by atoms with van der Waals surface area (Å²) in [6.07, 6.45) is -0.479. The molecule has 1 aromatic carbocycles. The quantitative estimate of drug-likeness (QED) is 0.633. The van der Waals surface area contributed by atoms with Crippen molar-refractivity contribution < 1.29 is 19.8 Å². The molecule has 7 heteroatoms. The fourth-order valence-corrected chi connectivity index (χ4v) is 3.59. The second-order valence-corrected chi connectivity index (χ2v) is 6.20. The van der Waals surface area contributed by atoms with Crippen molar-refractivity contribution in [3.63, 3.8) is 0 Å². The number of hydrogen-bond donors (Lipinski definition) is 4.